The molecule has 2 aromatic rings. The summed E-state index contributed by atoms with van der Waals surface area (Å²) in [6.45, 7) is 6.38. The summed E-state index contributed by atoms with van der Waals surface area (Å²) >= 11 is 0. The predicted octanol–water partition coefficient (Wildman–Crippen LogP) is 3.87. The maximum atomic E-state index is 11.2. The molecule has 2 rings (SSSR count). The highest BCUT2D eigenvalue weighted by atomic mass is 16.1. The van der Waals surface area contributed by atoms with Crippen LogP contribution in [0.3, 0.4) is 0 Å². The molecule has 0 spiro atoms. The molecule has 3 heteroatoms. The maximum Gasteiger partial charge on any atom is 0.221 e. The summed E-state index contributed by atoms with van der Waals surface area (Å²) in [6, 6.07) is 14.3. The minimum atomic E-state index is -0.0519. The van der Waals surface area contributed by atoms with Crippen LogP contribution in [0.2, 0.25) is 0 Å². The highest BCUT2D eigenvalue weighted by Crippen LogP contribution is 2.23. The lowest BCUT2D eigenvalue weighted by molar-refractivity contribution is -0.114. The first kappa shape index (κ1) is 14.1. The van der Waals surface area contributed by atoms with E-state index in [1.807, 2.05) is 25.1 Å². The monoisotopic (exact) mass is 268 g/mol. The van der Waals surface area contributed by atoms with Crippen molar-refractivity contribution in [2.24, 2.45) is 0 Å². The summed E-state index contributed by atoms with van der Waals surface area (Å²) in [5.41, 5.74) is 5.45. The Morgan fingerprint density at radius 1 is 1.05 bits per heavy atom. The standard InChI is InChI=1S/C17H20N2O/c1-12-6-4-7-15(10-12)11-18-16-8-5-9-17(13(16)2)19-14(3)20/h4-10,18H,11H2,1-3H3,(H,19,20). The lowest BCUT2D eigenvalue weighted by atomic mass is 10.1. The molecule has 0 aliphatic carbocycles. The molecule has 1 amide bonds. The quantitative estimate of drug-likeness (QED) is 0.883. The van der Waals surface area contributed by atoms with Gasteiger partial charge in [0.05, 0.1) is 0 Å². The van der Waals surface area contributed by atoms with Crippen LogP contribution in [-0.4, -0.2) is 5.91 Å². The van der Waals surface area contributed by atoms with Gasteiger partial charge in [-0.3, -0.25) is 4.79 Å². The van der Waals surface area contributed by atoms with Crippen molar-refractivity contribution >= 4 is 17.3 Å². The van der Waals surface area contributed by atoms with Crippen LogP contribution in [0, 0.1) is 13.8 Å². The highest BCUT2D eigenvalue weighted by Gasteiger charge is 2.05. The number of hydrogen-bond acceptors (Lipinski definition) is 2. The van der Waals surface area contributed by atoms with E-state index in [2.05, 4.69) is 41.8 Å². The van der Waals surface area contributed by atoms with Crippen molar-refractivity contribution in [3.8, 4) is 0 Å². The van der Waals surface area contributed by atoms with Crippen LogP contribution in [-0.2, 0) is 11.3 Å². The fourth-order valence-electron chi connectivity index (χ4n) is 2.17. The highest BCUT2D eigenvalue weighted by molar-refractivity contribution is 5.90. The van der Waals surface area contributed by atoms with Crippen molar-refractivity contribution in [2.75, 3.05) is 10.6 Å². The number of amides is 1. The molecule has 0 aliphatic rings. The van der Waals surface area contributed by atoms with E-state index in [0.29, 0.717) is 0 Å². The zero-order valence-electron chi connectivity index (χ0n) is 12.2. The molecular weight excluding hydrogens is 248 g/mol. The van der Waals surface area contributed by atoms with Gasteiger partial charge in [0, 0.05) is 24.8 Å². The van der Waals surface area contributed by atoms with Gasteiger partial charge in [-0.25, -0.2) is 0 Å². The predicted molar refractivity (Wildman–Crippen MR) is 84.0 cm³/mol. The Hall–Kier alpha value is -2.29. The van der Waals surface area contributed by atoms with Crippen LogP contribution in [0.15, 0.2) is 42.5 Å². The number of carbonyl (C=O) groups is 1. The van der Waals surface area contributed by atoms with Gasteiger partial charge in [0.1, 0.15) is 0 Å². The van der Waals surface area contributed by atoms with E-state index in [1.54, 1.807) is 0 Å². The molecular formula is C17H20N2O. The van der Waals surface area contributed by atoms with Crippen LogP contribution in [0.1, 0.15) is 23.6 Å². The number of carbonyl (C=O) groups excluding carboxylic acids is 1. The Kier molecular flexibility index (Phi) is 4.41. The second-order valence-electron chi connectivity index (χ2n) is 5.00. The summed E-state index contributed by atoms with van der Waals surface area (Å²) < 4.78 is 0. The van der Waals surface area contributed by atoms with Crippen molar-refractivity contribution in [2.45, 2.75) is 27.3 Å². The van der Waals surface area contributed by atoms with Crippen molar-refractivity contribution < 1.29 is 4.79 Å². The molecule has 2 N–H and O–H groups in total. The SMILES string of the molecule is CC(=O)Nc1cccc(NCc2cccc(C)c2)c1C. The van der Waals surface area contributed by atoms with Gasteiger partial charge in [-0.2, -0.15) is 0 Å². The van der Waals surface area contributed by atoms with Gasteiger partial charge in [-0.1, -0.05) is 35.9 Å². The Labute approximate surface area is 120 Å². The first-order valence-corrected chi connectivity index (χ1v) is 6.73. The van der Waals surface area contributed by atoms with Crippen LogP contribution >= 0.6 is 0 Å². The van der Waals surface area contributed by atoms with E-state index in [1.165, 1.54) is 18.1 Å². The zero-order chi connectivity index (χ0) is 14.5. The van der Waals surface area contributed by atoms with E-state index < -0.39 is 0 Å². The van der Waals surface area contributed by atoms with Gasteiger partial charge >= 0.3 is 0 Å². The molecule has 0 aromatic heterocycles. The largest absolute Gasteiger partial charge is 0.381 e. The average Bonchev–Trinajstić information content (AvgIpc) is 2.39. The molecule has 2 aromatic carbocycles. The second-order valence-corrected chi connectivity index (χ2v) is 5.00. The Bertz CT molecular complexity index is 620. The second kappa shape index (κ2) is 6.24. The topological polar surface area (TPSA) is 41.1 Å². The van der Waals surface area contributed by atoms with Gasteiger partial charge in [-0.05, 0) is 37.1 Å². The van der Waals surface area contributed by atoms with Crippen molar-refractivity contribution in [3.63, 3.8) is 0 Å². The molecule has 0 aliphatic heterocycles. The number of rotatable bonds is 4. The Morgan fingerprint density at radius 3 is 2.45 bits per heavy atom. The molecule has 0 saturated carbocycles. The van der Waals surface area contributed by atoms with E-state index in [-0.39, 0.29) is 5.91 Å². The fraction of sp³-hybridized carbons (Fsp3) is 0.235. The number of anilines is 2. The Morgan fingerprint density at radius 2 is 1.75 bits per heavy atom. The van der Waals surface area contributed by atoms with Gasteiger partial charge in [0.15, 0.2) is 0 Å². The first-order chi connectivity index (χ1) is 9.56. The summed E-state index contributed by atoms with van der Waals surface area (Å²) in [5, 5.41) is 6.26. The molecule has 3 nitrogen and oxygen atoms in total. The summed E-state index contributed by atoms with van der Waals surface area (Å²) in [5.74, 6) is -0.0519. The third-order valence-electron chi connectivity index (χ3n) is 3.21. The van der Waals surface area contributed by atoms with Gasteiger partial charge in [0.25, 0.3) is 0 Å². The molecule has 0 fully saturated rings. The summed E-state index contributed by atoms with van der Waals surface area (Å²) in [6.07, 6.45) is 0. The molecule has 104 valence electrons. The lowest BCUT2D eigenvalue weighted by Crippen LogP contribution is -2.09. The summed E-state index contributed by atoms with van der Waals surface area (Å²) in [7, 11) is 0. The first-order valence-electron chi connectivity index (χ1n) is 6.73. The molecule has 0 heterocycles. The van der Waals surface area contributed by atoms with E-state index in [4.69, 9.17) is 0 Å². The van der Waals surface area contributed by atoms with Crippen LogP contribution in [0.5, 0.6) is 0 Å². The Balaban J connectivity index is 2.11. The average molecular weight is 268 g/mol. The van der Waals surface area contributed by atoms with E-state index in [0.717, 1.165) is 23.5 Å². The normalized spacial score (nSPS) is 10.2. The molecule has 0 radical (unpaired) electrons. The molecule has 0 bridgehead atoms. The van der Waals surface area contributed by atoms with Crippen molar-refractivity contribution in [3.05, 3.63) is 59.2 Å². The van der Waals surface area contributed by atoms with Crippen molar-refractivity contribution in [1.82, 2.24) is 0 Å². The molecule has 0 atom stereocenters. The van der Waals surface area contributed by atoms with Gasteiger partial charge in [-0.15, -0.1) is 0 Å². The molecule has 20 heavy (non-hydrogen) atoms. The van der Waals surface area contributed by atoms with Gasteiger partial charge < -0.3 is 10.6 Å². The number of hydrogen-bond donors (Lipinski definition) is 2. The minimum absolute atomic E-state index is 0.0519. The van der Waals surface area contributed by atoms with Crippen molar-refractivity contribution in [1.29, 1.82) is 0 Å². The van der Waals surface area contributed by atoms with Gasteiger partial charge in [0.2, 0.25) is 5.91 Å². The smallest absolute Gasteiger partial charge is 0.221 e. The zero-order valence-corrected chi connectivity index (χ0v) is 12.2. The number of benzene rings is 2. The van der Waals surface area contributed by atoms with Crippen LogP contribution in [0.25, 0.3) is 0 Å². The third kappa shape index (κ3) is 3.60. The van der Waals surface area contributed by atoms with Crippen LogP contribution < -0.4 is 10.6 Å². The van der Waals surface area contributed by atoms with E-state index in [9.17, 15) is 4.79 Å². The number of aryl methyl sites for hydroxylation is 1. The maximum absolute atomic E-state index is 11.2. The molecule has 0 unspecified atom stereocenters. The molecule has 0 saturated heterocycles. The van der Waals surface area contributed by atoms with Crippen LogP contribution in [0.4, 0.5) is 11.4 Å². The third-order valence-corrected chi connectivity index (χ3v) is 3.21. The fourth-order valence-corrected chi connectivity index (χ4v) is 2.17. The summed E-state index contributed by atoms with van der Waals surface area (Å²) in [4.78, 5) is 11.2. The minimum Gasteiger partial charge on any atom is -0.381 e. The number of nitrogens with one attached hydrogen (secondary N) is 2. The van der Waals surface area contributed by atoms with E-state index >= 15 is 0 Å². The lowest BCUT2D eigenvalue weighted by Gasteiger charge is -2.13.